The van der Waals surface area contributed by atoms with Crippen molar-refractivity contribution < 1.29 is 19.4 Å². The third-order valence-electron chi connectivity index (χ3n) is 3.24. The Morgan fingerprint density at radius 2 is 1.83 bits per heavy atom. The number of hydrogen-bond donors (Lipinski definition) is 1. The van der Waals surface area contributed by atoms with E-state index in [4.69, 9.17) is 14.6 Å². The maximum absolute atomic E-state index is 10.9. The predicted molar refractivity (Wildman–Crippen MR) is 89.6 cm³/mol. The first-order chi connectivity index (χ1) is 11.7. The minimum Gasteiger partial charge on any atom is -0.497 e. The lowest BCUT2D eigenvalue weighted by Crippen LogP contribution is -1.96. The van der Waals surface area contributed by atoms with E-state index in [1.54, 1.807) is 25.4 Å². The average molecular weight is 342 g/mol. The van der Waals surface area contributed by atoms with Crippen molar-refractivity contribution in [1.29, 1.82) is 0 Å². The lowest BCUT2D eigenvalue weighted by Gasteiger charge is -2.07. The van der Waals surface area contributed by atoms with Gasteiger partial charge < -0.3 is 14.6 Å². The molecule has 0 saturated heterocycles. The Kier molecular flexibility index (Phi) is 4.72. The Morgan fingerprint density at radius 3 is 2.42 bits per heavy atom. The molecule has 0 bridgehead atoms. The Hall–Kier alpha value is -2.93. The number of hydrogen-bond acceptors (Lipinski definition) is 6. The van der Waals surface area contributed by atoms with Crippen LogP contribution in [0.1, 0.15) is 15.2 Å². The molecule has 6 nitrogen and oxygen atoms in total. The van der Waals surface area contributed by atoms with Gasteiger partial charge in [0.1, 0.15) is 28.0 Å². The number of pyridine rings is 1. The van der Waals surface area contributed by atoms with Gasteiger partial charge in [-0.2, -0.15) is 0 Å². The second-order valence-corrected chi connectivity index (χ2v) is 5.88. The third-order valence-corrected chi connectivity index (χ3v) is 4.24. The van der Waals surface area contributed by atoms with Crippen LogP contribution in [-0.2, 0) is 6.61 Å². The Labute approximate surface area is 142 Å². The Balaban J connectivity index is 1.64. The van der Waals surface area contributed by atoms with Crippen molar-refractivity contribution in [2.45, 2.75) is 6.61 Å². The number of ether oxygens (including phenoxy) is 2. The maximum atomic E-state index is 10.9. The molecule has 24 heavy (non-hydrogen) atoms. The van der Waals surface area contributed by atoms with Crippen molar-refractivity contribution in [2.24, 2.45) is 0 Å². The van der Waals surface area contributed by atoms with Crippen LogP contribution in [0.3, 0.4) is 0 Å². The smallest absolute Gasteiger partial charge is 0.347 e. The van der Waals surface area contributed by atoms with E-state index >= 15 is 0 Å². The molecule has 7 heteroatoms. The molecular formula is C17H14N2O4S. The number of aromatic nitrogens is 2. The normalized spacial score (nSPS) is 10.4. The fourth-order valence-electron chi connectivity index (χ4n) is 1.97. The van der Waals surface area contributed by atoms with Crippen LogP contribution in [0.15, 0.2) is 48.8 Å². The summed E-state index contributed by atoms with van der Waals surface area (Å²) in [6.07, 6.45) is 2.93. The molecule has 0 aliphatic carbocycles. The molecule has 0 amide bonds. The number of rotatable bonds is 6. The fourth-order valence-corrected chi connectivity index (χ4v) is 2.70. The highest BCUT2D eigenvalue weighted by atomic mass is 32.1. The van der Waals surface area contributed by atoms with Gasteiger partial charge in [0.25, 0.3) is 0 Å². The summed E-state index contributed by atoms with van der Waals surface area (Å²) in [7, 11) is 1.63. The number of nitrogens with zero attached hydrogens (tertiary/aromatic N) is 2. The van der Waals surface area contributed by atoms with Gasteiger partial charge in [-0.25, -0.2) is 14.8 Å². The molecule has 0 saturated carbocycles. The monoisotopic (exact) mass is 342 g/mol. The van der Waals surface area contributed by atoms with Gasteiger partial charge in [-0.05, 0) is 29.8 Å². The topological polar surface area (TPSA) is 81.5 Å². The van der Waals surface area contributed by atoms with Crippen LogP contribution in [0.4, 0.5) is 0 Å². The van der Waals surface area contributed by atoms with Gasteiger partial charge >= 0.3 is 5.97 Å². The standard InChI is InChI=1S/C17H14N2O4S/c1-22-12-4-2-11(3-5-12)10-23-13-6-7-14(18-8-13)16-19-9-15(24-16)17(20)21/h2-9H,10H2,1H3,(H,20,21). The quantitative estimate of drug-likeness (QED) is 0.738. The van der Waals surface area contributed by atoms with Crippen LogP contribution in [0.2, 0.25) is 0 Å². The SMILES string of the molecule is COc1ccc(COc2ccc(-c3ncc(C(=O)O)s3)nc2)cc1. The fraction of sp³-hybridized carbons (Fsp3) is 0.118. The van der Waals surface area contributed by atoms with E-state index in [1.165, 1.54) is 6.20 Å². The summed E-state index contributed by atoms with van der Waals surface area (Å²) in [6.45, 7) is 0.422. The largest absolute Gasteiger partial charge is 0.497 e. The number of benzene rings is 1. The van der Waals surface area contributed by atoms with Crippen molar-refractivity contribution in [3.63, 3.8) is 0 Å². The lowest BCUT2D eigenvalue weighted by molar-refractivity contribution is 0.0702. The second kappa shape index (κ2) is 7.10. The highest BCUT2D eigenvalue weighted by Crippen LogP contribution is 2.25. The Bertz CT molecular complexity index is 829. The minimum atomic E-state index is -0.988. The first kappa shape index (κ1) is 15.9. The number of carbonyl (C=O) groups is 1. The van der Waals surface area contributed by atoms with Gasteiger partial charge in [-0.15, -0.1) is 11.3 Å². The summed E-state index contributed by atoms with van der Waals surface area (Å²) in [5.41, 5.74) is 1.63. The summed E-state index contributed by atoms with van der Waals surface area (Å²) in [6, 6.07) is 11.2. The second-order valence-electron chi connectivity index (χ2n) is 4.85. The van der Waals surface area contributed by atoms with Crippen molar-refractivity contribution in [3.8, 4) is 22.2 Å². The molecule has 0 unspecified atom stereocenters. The van der Waals surface area contributed by atoms with E-state index in [-0.39, 0.29) is 4.88 Å². The van der Waals surface area contributed by atoms with Crippen molar-refractivity contribution in [1.82, 2.24) is 9.97 Å². The molecule has 0 radical (unpaired) electrons. The third kappa shape index (κ3) is 3.69. The van der Waals surface area contributed by atoms with Crippen LogP contribution < -0.4 is 9.47 Å². The predicted octanol–water partition coefficient (Wildman–Crippen LogP) is 3.49. The molecule has 2 heterocycles. The highest BCUT2D eigenvalue weighted by molar-refractivity contribution is 7.16. The zero-order valence-electron chi connectivity index (χ0n) is 12.8. The van der Waals surface area contributed by atoms with E-state index < -0.39 is 5.97 Å². The summed E-state index contributed by atoms with van der Waals surface area (Å²) in [5, 5.41) is 9.49. The molecule has 0 aliphatic rings. The van der Waals surface area contributed by atoms with Crippen LogP contribution >= 0.6 is 11.3 Å². The van der Waals surface area contributed by atoms with Gasteiger partial charge in [-0.3, -0.25) is 0 Å². The number of carboxylic acid groups (broad SMARTS) is 1. The molecule has 0 spiro atoms. The molecule has 122 valence electrons. The van der Waals surface area contributed by atoms with Gasteiger partial charge in [0.15, 0.2) is 0 Å². The molecule has 0 atom stereocenters. The van der Waals surface area contributed by atoms with Gasteiger partial charge in [0, 0.05) is 0 Å². The maximum Gasteiger partial charge on any atom is 0.347 e. The van der Waals surface area contributed by atoms with E-state index in [0.29, 0.717) is 23.1 Å². The van der Waals surface area contributed by atoms with Gasteiger partial charge in [-0.1, -0.05) is 12.1 Å². The van der Waals surface area contributed by atoms with Gasteiger partial charge in [0.05, 0.1) is 25.2 Å². The molecule has 2 aromatic heterocycles. The first-order valence-corrected chi connectivity index (χ1v) is 7.88. The first-order valence-electron chi connectivity index (χ1n) is 7.07. The molecule has 0 fully saturated rings. The van der Waals surface area contributed by atoms with E-state index in [9.17, 15) is 4.79 Å². The van der Waals surface area contributed by atoms with Crippen molar-refractivity contribution >= 4 is 17.3 Å². The van der Waals surface area contributed by atoms with Crippen LogP contribution in [-0.4, -0.2) is 28.2 Å². The summed E-state index contributed by atoms with van der Waals surface area (Å²) < 4.78 is 10.8. The molecule has 1 aromatic carbocycles. The van der Waals surface area contributed by atoms with Crippen LogP contribution in [0.25, 0.3) is 10.7 Å². The summed E-state index contributed by atoms with van der Waals surface area (Å²) >= 11 is 1.09. The van der Waals surface area contributed by atoms with E-state index in [1.807, 2.05) is 24.3 Å². The molecule has 3 aromatic rings. The van der Waals surface area contributed by atoms with Crippen molar-refractivity contribution in [2.75, 3.05) is 7.11 Å². The number of carboxylic acids is 1. The van der Waals surface area contributed by atoms with E-state index in [2.05, 4.69) is 9.97 Å². The zero-order valence-corrected chi connectivity index (χ0v) is 13.6. The lowest BCUT2D eigenvalue weighted by atomic mass is 10.2. The average Bonchev–Trinajstić information content (AvgIpc) is 3.11. The zero-order chi connectivity index (χ0) is 16.9. The highest BCUT2D eigenvalue weighted by Gasteiger charge is 2.11. The molecule has 3 rings (SSSR count). The minimum absolute atomic E-state index is 0.187. The summed E-state index contributed by atoms with van der Waals surface area (Å²) in [5.74, 6) is 0.441. The number of aromatic carboxylic acids is 1. The molecular weight excluding hydrogens is 328 g/mol. The van der Waals surface area contributed by atoms with Crippen LogP contribution in [0.5, 0.6) is 11.5 Å². The number of methoxy groups -OCH3 is 1. The Morgan fingerprint density at radius 1 is 1.08 bits per heavy atom. The number of thiazole rings is 1. The van der Waals surface area contributed by atoms with Gasteiger partial charge in [0.2, 0.25) is 0 Å². The van der Waals surface area contributed by atoms with E-state index in [0.717, 1.165) is 22.6 Å². The summed E-state index contributed by atoms with van der Waals surface area (Å²) in [4.78, 5) is 19.4. The molecule has 1 N–H and O–H groups in total. The van der Waals surface area contributed by atoms with Crippen LogP contribution in [0, 0.1) is 0 Å². The van der Waals surface area contributed by atoms with Crippen molar-refractivity contribution in [3.05, 3.63) is 59.2 Å². The molecule has 0 aliphatic heterocycles.